The van der Waals surface area contributed by atoms with E-state index in [1.807, 2.05) is 7.05 Å². The van der Waals surface area contributed by atoms with Gasteiger partial charge in [0.15, 0.2) is 11.6 Å². The Labute approximate surface area is 123 Å². The summed E-state index contributed by atoms with van der Waals surface area (Å²) in [5, 5.41) is 5.13. The highest BCUT2D eigenvalue weighted by atomic mass is 32.1. The Kier molecular flexibility index (Phi) is 4.79. The highest BCUT2D eigenvalue weighted by Gasteiger charge is 2.20. The zero-order chi connectivity index (χ0) is 14.5. The third-order valence-electron chi connectivity index (χ3n) is 3.03. The molecule has 2 aromatic heterocycles. The molecule has 0 aromatic carbocycles. The van der Waals surface area contributed by atoms with Gasteiger partial charge in [-0.15, -0.1) is 11.3 Å². The highest BCUT2D eigenvalue weighted by molar-refractivity contribution is 7.09. The third-order valence-corrected chi connectivity index (χ3v) is 3.89. The second-order valence-electron chi connectivity index (χ2n) is 4.63. The number of aromatic nitrogens is 2. The van der Waals surface area contributed by atoms with E-state index < -0.39 is 0 Å². The Bertz CT molecular complexity index is 542. The van der Waals surface area contributed by atoms with Crippen LogP contribution in [0.2, 0.25) is 0 Å². The molecule has 0 aliphatic carbocycles. The number of nitrogens with zero attached hydrogens (tertiary/aromatic N) is 3. The summed E-state index contributed by atoms with van der Waals surface area (Å²) >= 11 is 1.75. The molecule has 0 aliphatic rings. The molecule has 2 rings (SSSR count). The standard InChI is InChI=1S/C14H20N4OS/c1-10(2)18(8-11-6-5-7-20-11)14-12(19-4)13(15-3)16-9-17-14/h5-7,9-10H,8H2,1-4H3,(H,15,16,17). The van der Waals surface area contributed by atoms with Gasteiger partial charge in [-0.25, -0.2) is 9.97 Å². The zero-order valence-electron chi connectivity index (χ0n) is 12.3. The maximum absolute atomic E-state index is 5.49. The molecule has 0 spiro atoms. The van der Waals surface area contributed by atoms with Crippen molar-refractivity contribution in [3.05, 3.63) is 28.7 Å². The Morgan fingerprint density at radius 2 is 2.20 bits per heavy atom. The zero-order valence-corrected chi connectivity index (χ0v) is 13.1. The van der Waals surface area contributed by atoms with Gasteiger partial charge in [0.25, 0.3) is 0 Å². The first-order valence-corrected chi connectivity index (χ1v) is 7.41. The van der Waals surface area contributed by atoms with Crippen molar-refractivity contribution in [2.75, 3.05) is 24.4 Å². The molecule has 0 bridgehead atoms. The van der Waals surface area contributed by atoms with Gasteiger partial charge in [0.2, 0.25) is 5.75 Å². The number of methoxy groups -OCH3 is 1. The molecule has 0 saturated heterocycles. The Balaban J connectivity index is 2.38. The quantitative estimate of drug-likeness (QED) is 0.887. The van der Waals surface area contributed by atoms with E-state index in [0.29, 0.717) is 17.6 Å². The van der Waals surface area contributed by atoms with Crippen molar-refractivity contribution in [2.45, 2.75) is 26.4 Å². The molecule has 0 aliphatic heterocycles. The second-order valence-corrected chi connectivity index (χ2v) is 5.66. The number of hydrogen-bond donors (Lipinski definition) is 1. The number of nitrogens with one attached hydrogen (secondary N) is 1. The molecule has 0 radical (unpaired) electrons. The first-order valence-electron chi connectivity index (χ1n) is 6.53. The van der Waals surface area contributed by atoms with Crippen molar-refractivity contribution < 1.29 is 4.74 Å². The number of anilines is 2. The molecular weight excluding hydrogens is 272 g/mol. The molecule has 108 valence electrons. The molecule has 0 unspecified atom stereocenters. The van der Waals surface area contributed by atoms with Gasteiger partial charge in [-0.1, -0.05) is 6.07 Å². The van der Waals surface area contributed by atoms with E-state index in [1.54, 1.807) is 24.8 Å². The molecule has 0 atom stereocenters. The van der Waals surface area contributed by atoms with Crippen molar-refractivity contribution in [1.82, 2.24) is 9.97 Å². The summed E-state index contributed by atoms with van der Waals surface area (Å²) in [4.78, 5) is 12.1. The molecule has 0 saturated carbocycles. The number of hydrogen-bond acceptors (Lipinski definition) is 6. The first kappa shape index (κ1) is 14.6. The van der Waals surface area contributed by atoms with E-state index in [4.69, 9.17) is 4.74 Å². The van der Waals surface area contributed by atoms with Crippen molar-refractivity contribution in [2.24, 2.45) is 0 Å². The lowest BCUT2D eigenvalue weighted by atomic mass is 10.2. The van der Waals surface area contributed by atoms with Gasteiger partial charge in [-0.3, -0.25) is 0 Å². The largest absolute Gasteiger partial charge is 0.490 e. The fraction of sp³-hybridized carbons (Fsp3) is 0.429. The van der Waals surface area contributed by atoms with E-state index in [-0.39, 0.29) is 0 Å². The Morgan fingerprint density at radius 3 is 2.75 bits per heavy atom. The van der Waals surface area contributed by atoms with Crippen LogP contribution in [-0.4, -0.2) is 30.2 Å². The summed E-state index contributed by atoms with van der Waals surface area (Å²) in [6.45, 7) is 5.11. The van der Waals surface area contributed by atoms with E-state index >= 15 is 0 Å². The minimum absolute atomic E-state index is 0.311. The summed E-state index contributed by atoms with van der Waals surface area (Å²) in [5.41, 5.74) is 0. The summed E-state index contributed by atoms with van der Waals surface area (Å²) in [6, 6.07) is 4.51. The summed E-state index contributed by atoms with van der Waals surface area (Å²) in [5.74, 6) is 2.20. The van der Waals surface area contributed by atoms with Crippen LogP contribution in [-0.2, 0) is 6.54 Å². The van der Waals surface area contributed by atoms with Crippen LogP contribution in [0.25, 0.3) is 0 Å². The van der Waals surface area contributed by atoms with E-state index in [2.05, 4.69) is 51.5 Å². The first-order chi connectivity index (χ1) is 9.67. The van der Waals surface area contributed by atoms with Gasteiger partial charge in [0.05, 0.1) is 13.7 Å². The lowest BCUT2D eigenvalue weighted by molar-refractivity contribution is 0.411. The van der Waals surface area contributed by atoms with Gasteiger partial charge < -0.3 is 15.0 Å². The van der Waals surface area contributed by atoms with Crippen LogP contribution in [0.3, 0.4) is 0 Å². The number of thiophene rings is 1. The maximum Gasteiger partial charge on any atom is 0.204 e. The molecule has 2 heterocycles. The average molecular weight is 292 g/mol. The molecule has 5 nitrogen and oxygen atoms in total. The van der Waals surface area contributed by atoms with Crippen LogP contribution in [0.1, 0.15) is 18.7 Å². The van der Waals surface area contributed by atoms with Crippen LogP contribution in [0.5, 0.6) is 5.75 Å². The average Bonchev–Trinajstić information content (AvgIpc) is 2.96. The second kappa shape index (κ2) is 6.56. The van der Waals surface area contributed by atoms with Crippen LogP contribution in [0.4, 0.5) is 11.6 Å². The Hall–Kier alpha value is -1.82. The molecule has 2 aromatic rings. The monoisotopic (exact) mass is 292 g/mol. The third kappa shape index (κ3) is 3.01. The van der Waals surface area contributed by atoms with Crippen molar-refractivity contribution in [1.29, 1.82) is 0 Å². The van der Waals surface area contributed by atoms with Crippen LogP contribution >= 0.6 is 11.3 Å². The number of rotatable bonds is 6. The fourth-order valence-electron chi connectivity index (χ4n) is 2.01. The molecular formula is C14H20N4OS. The minimum Gasteiger partial charge on any atom is -0.490 e. The lowest BCUT2D eigenvalue weighted by Gasteiger charge is -2.29. The molecule has 20 heavy (non-hydrogen) atoms. The van der Waals surface area contributed by atoms with Gasteiger partial charge in [0, 0.05) is 18.0 Å². The van der Waals surface area contributed by atoms with Crippen molar-refractivity contribution in [3.8, 4) is 5.75 Å². The van der Waals surface area contributed by atoms with Gasteiger partial charge in [0.1, 0.15) is 6.33 Å². The van der Waals surface area contributed by atoms with Crippen molar-refractivity contribution >= 4 is 23.0 Å². The fourth-order valence-corrected chi connectivity index (χ4v) is 2.71. The van der Waals surface area contributed by atoms with E-state index in [9.17, 15) is 0 Å². The summed E-state index contributed by atoms with van der Waals surface area (Å²) < 4.78 is 5.49. The summed E-state index contributed by atoms with van der Waals surface area (Å²) in [7, 11) is 3.47. The molecule has 0 fully saturated rings. The van der Waals surface area contributed by atoms with Gasteiger partial charge in [-0.2, -0.15) is 0 Å². The van der Waals surface area contributed by atoms with E-state index in [1.165, 1.54) is 4.88 Å². The smallest absolute Gasteiger partial charge is 0.204 e. The normalized spacial score (nSPS) is 10.7. The lowest BCUT2D eigenvalue weighted by Crippen LogP contribution is -2.31. The topological polar surface area (TPSA) is 50.3 Å². The maximum atomic E-state index is 5.49. The van der Waals surface area contributed by atoms with Crippen LogP contribution in [0, 0.1) is 0 Å². The molecule has 1 N–H and O–H groups in total. The summed E-state index contributed by atoms with van der Waals surface area (Å²) in [6.07, 6.45) is 1.56. The number of ether oxygens (including phenoxy) is 1. The van der Waals surface area contributed by atoms with Gasteiger partial charge >= 0.3 is 0 Å². The predicted molar refractivity (Wildman–Crippen MR) is 83.8 cm³/mol. The van der Waals surface area contributed by atoms with Crippen LogP contribution in [0.15, 0.2) is 23.8 Å². The van der Waals surface area contributed by atoms with Gasteiger partial charge in [-0.05, 0) is 25.3 Å². The highest BCUT2D eigenvalue weighted by Crippen LogP contribution is 2.33. The minimum atomic E-state index is 0.311. The van der Waals surface area contributed by atoms with Crippen molar-refractivity contribution in [3.63, 3.8) is 0 Å². The predicted octanol–water partition coefficient (Wildman–Crippen LogP) is 3.00. The van der Waals surface area contributed by atoms with E-state index in [0.717, 1.165) is 12.4 Å². The Morgan fingerprint density at radius 1 is 1.40 bits per heavy atom. The SMILES string of the molecule is CNc1ncnc(N(Cc2cccs2)C(C)C)c1OC. The molecule has 0 amide bonds. The molecule has 6 heteroatoms. The van der Waals surface area contributed by atoms with Crippen LogP contribution < -0.4 is 15.0 Å².